The lowest BCUT2D eigenvalue weighted by Crippen LogP contribution is -2.31. The summed E-state index contributed by atoms with van der Waals surface area (Å²) in [5.41, 5.74) is 5.47. The standard InChI is InChI=1S/C25H34N2/c1-21(2)11-10-12-22(3)17-18-26-19-20-27-25(23-13-6-4-7-14-23)24-15-8-5-9-16-24/h4-9,11,13-17,25-27H,10,12,18-20H2,1-3H3/b22-17-. The lowest BCUT2D eigenvalue weighted by Gasteiger charge is -2.20. The van der Waals surface area contributed by atoms with Crippen molar-refractivity contribution < 1.29 is 0 Å². The zero-order chi connectivity index (χ0) is 19.3. The predicted molar refractivity (Wildman–Crippen MR) is 118 cm³/mol. The average Bonchev–Trinajstić information content (AvgIpc) is 2.68. The van der Waals surface area contributed by atoms with E-state index in [4.69, 9.17) is 0 Å². The van der Waals surface area contributed by atoms with E-state index in [1.54, 1.807) is 0 Å². The fourth-order valence-corrected chi connectivity index (χ4v) is 3.06. The second-order valence-electron chi connectivity index (χ2n) is 7.28. The summed E-state index contributed by atoms with van der Waals surface area (Å²) in [5.74, 6) is 0. The SMILES string of the molecule is CC(C)=CCC/C(C)=C\CNCCNC(c1ccccc1)c1ccccc1. The van der Waals surface area contributed by atoms with Crippen LogP contribution < -0.4 is 10.6 Å². The summed E-state index contributed by atoms with van der Waals surface area (Å²) in [6, 6.07) is 21.6. The van der Waals surface area contributed by atoms with Gasteiger partial charge in [-0.25, -0.2) is 0 Å². The van der Waals surface area contributed by atoms with Crippen molar-refractivity contribution in [3.05, 3.63) is 95.1 Å². The van der Waals surface area contributed by atoms with Gasteiger partial charge in [-0.2, -0.15) is 0 Å². The zero-order valence-electron chi connectivity index (χ0n) is 17.0. The lowest BCUT2D eigenvalue weighted by atomic mass is 9.99. The summed E-state index contributed by atoms with van der Waals surface area (Å²) >= 11 is 0. The van der Waals surface area contributed by atoms with E-state index in [0.29, 0.717) is 0 Å². The Bertz CT molecular complexity index is 658. The van der Waals surface area contributed by atoms with Crippen molar-refractivity contribution in [2.75, 3.05) is 19.6 Å². The van der Waals surface area contributed by atoms with Crippen molar-refractivity contribution in [1.29, 1.82) is 0 Å². The Morgan fingerprint density at radius 1 is 0.815 bits per heavy atom. The molecule has 2 heteroatoms. The Labute approximate surface area is 165 Å². The summed E-state index contributed by atoms with van der Waals surface area (Å²) in [5, 5.41) is 7.22. The second-order valence-corrected chi connectivity index (χ2v) is 7.28. The van der Waals surface area contributed by atoms with Crippen LogP contribution >= 0.6 is 0 Å². The van der Waals surface area contributed by atoms with Gasteiger partial charge < -0.3 is 10.6 Å². The topological polar surface area (TPSA) is 24.1 Å². The van der Waals surface area contributed by atoms with Gasteiger partial charge in [-0.05, 0) is 44.7 Å². The number of benzene rings is 2. The summed E-state index contributed by atoms with van der Waals surface area (Å²) < 4.78 is 0. The van der Waals surface area contributed by atoms with E-state index in [2.05, 4.69) is 104 Å². The van der Waals surface area contributed by atoms with Crippen LogP contribution in [-0.4, -0.2) is 19.6 Å². The summed E-state index contributed by atoms with van der Waals surface area (Å²) in [7, 11) is 0. The van der Waals surface area contributed by atoms with Crippen LogP contribution in [0, 0.1) is 0 Å². The van der Waals surface area contributed by atoms with Gasteiger partial charge in [0.25, 0.3) is 0 Å². The third-order valence-electron chi connectivity index (χ3n) is 4.60. The molecule has 2 aromatic carbocycles. The smallest absolute Gasteiger partial charge is 0.0577 e. The Morgan fingerprint density at radius 2 is 1.41 bits per heavy atom. The zero-order valence-corrected chi connectivity index (χ0v) is 17.0. The van der Waals surface area contributed by atoms with Crippen LogP contribution in [0.2, 0.25) is 0 Å². The molecule has 0 spiro atoms. The number of nitrogens with one attached hydrogen (secondary N) is 2. The lowest BCUT2D eigenvalue weighted by molar-refractivity contribution is 0.578. The summed E-state index contributed by atoms with van der Waals surface area (Å²) in [6.07, 6.45) is 6.91. The molecule has 0 saturated carbocycles. The fourth-order valence-electron chi connectivity index (χ4n) is 3.06. The molecule has 2 N–H and O–H groups in total. The van der Waals surface area contributed by atoms with Gasteiger partial charge >= 0.3 is 0 Å². The van der Waals surface area contributed by atoms with Crippen molar-refractivity contribution in [1.82, 2.24) is 10.6 Å². The number of hydrogen-bond acceptors (Lipinski definition) is 2. The minimum absolute atomic E-state index is 0.232. The summed E-state index contributed by atoms with van der Waals surface area (Å²) in [6.45, 7) is 9.35. The normalized spacial score (nSPS) is 11.6. The number of allylic oxidation sites excluding steroid dienone is 3. The number of rotatable bonds is 11. The van der Waals surface area contributed by atoms with Gasteiger partial charge in [0.2, 0.25) is 0 Å². The number of hydrogen-bond donors (Lipinski definition) is 2. The van der Waals surface area contributed by atoms with Gasteiger partial charge in [0.15, 0.2) is 0 Å². The molecule has 0 aromatic heterocycles. The quantitative estimate of drug-likeness (QED) is 0.399. The molecule has 0 bridgehead atoms. The van der Waals surface area contributed by atoms with Gasteiger partial charge in [-0.15, -0.1) is 0 Å². The maximum atomic E-state index is 3.70. The van der Waals surface area contributed by atoms with E-state index in [1.807, 2.05) is 0 Å². The van der Waals surface area contributed by atoms with Crippen LogP contribution in [-0.2, 0) is 0 Å². The predicted octanol–water partition coefficient (Wildman–Crippen LogP) is 5.65. The molecular formula is C25H34N2. The highest BCUT2D eigenvalue weighted by molar-refractivity contribution is 5.31. The van der Waals surface area contributed by atoms with Crippen LogP contribution in [0.4, 0.5) is 0 Å². The molecule has 0 amide bonds. The molecule has 0 aliphatic rings. The molecule has 144 valence electrons. The molecule has 27 heavy (non-hydrogen) atoms. The van der Waals surface area contributed by atoms with Gasteiger partial charge in [0.1, 0.15) is 0 Å². The molecule has 0 atom stereocenters. The maximum Gasteiger partial charge on any atom is 0.0577 e. The van der Waals surface area contributed by atoms with Crippen molar-refractivity contribution in [2.45, 2.75) is 39.7 Å². The molecule has 0 radical (unpaired) electrons. The Kier molecular flexibility index (Phi) is 9.61. The third-order valence-corrected chi connectivity index (χ3v) is 4.60. The average molecular weight is 363 g/mol. The monoisotopic (exact) mass is 362 g/mol. The van der Waals surface area contributed by atoms with E-state index in [9.17, 15) is 0 Å². The Hall–Kier alpha value is -2.16. The Morgan fingerprint density at radius 3 is 1.96 bits per heavy atom. The van der Waals surface area contributed by atoms with E-state index in [0.717, 1.165) is 32.5 Å². The highest BCUT2D eigenvalue weighted by Gasteiger charge is 2.12. The van der Waals surface area contributed by atoms with Crippen LogP contribution in [0.25, 0.3) is 0 Å². The molecule has 0 saturated heterocycles. The first kappa shape index (κ1) is 21.1. The van der Waals surface area contributed by atoms with E-state index >= 15 is 0 Å². The van der Waals surface area contributed by atoms with E-state index in [1.165, 1.54) is 22.3 Å². The highest BCUT2D eigenvalue weighted by Crippen LogP contribution is 2.21. The van der Waals surface area contributed by atoms with Gasteiger partial charge in [-0.1, -0.05) is 84.0 Å². The van der Waals surface area contributed by atoms with Crippen LogP contribution in [0.15, 0.2) is 84.0 Å². The Balaban J connectivity index is 1.77. The second kappa shape index (κ2) is 12.3. The van der Waals surface area contributed by atoms with Crippen molar-refractivity contribution in [3.8, 4) is 0 Å². The molecule has 2 aromatic rings. The third kappa shape index (κ3) is 8.38. The minimum Gasteiger partial charge on any atom is -0.312 e. The molecule has 0 aliphatic carbocycles. The van der Waals surface area contributed by atoms with Crippen molar-refractivity contribution in [2.24, 2.45) is 0 Å². The minimum atomic E-state index is 0.232. The van der Waals surface area contributed by atoms with Crippen LogP contribution in [0.3, 0.4) is 0 Å². The first-order valence-electron chi connectivity index (χ1n) is 10.00. The summed E-state index contributed by atoms with van der Waals surface area (Å²) in [4.78, 5) is 0. The largest absolute Gasteiger partial charge is 0.312 e. The van der Waals surface area contributed by atoms with E-state index in [-0.39, 0.29) is 6.04 Å². The highest BCUT2D eigenvalue weighted by atomic mass is 15.0. The van der Waals surface area contributed by atoms with Crippen LogP contribution in [0.5, 0.6) is 0 Å². The van der Waals surface area contributed by atoms with Gasteiger partial charge in [-0.3, -0.25) is 0 Å². The van der Waals surface area contributed by atoms with E-state index < -0.39 is 0 Å². The molecule has 0 unspecified atom stereocenters. The fraction of sp³-hybridized carbons (Fsp3) is 0.360. The molecule has 0 fully saturated rings. The first-order chi connectivity index (χ1) is 13.2. The van der Waals surface area contributed by atoms with Gasteiger partial charge in [0.05, 0.1) is 6.04 Å². The maximum absolute atomic E-state index is 3.70. The van der Waals surface area contributed by atoms with Crippen molar-refractivity contribution >= 4 is 0 Å². The molecule has 0 heterocycles. The molecule has 2 nitrogen and oxygen atoms in total. The molecule has 0 aliphatic heterocycles. The first-order valence-corrected chi connectivity index (χ1v) is 10.00. The van der Waals surface area contributed by atoms with Crippen LogP contribution in [0.1, 0.15) is 50.8 Å². The van der Waals surface area contributed by atoms with Gasteiger partial charge in [0, 0.05) is 19.6 Å². The molecule has 2 rings (SSSR count). The van der Waals surface area contributed by atoms with Crippen molar-refractivity contribution in [3.63, 3.8) is 0 Å². The molecular weight excluding hydrogens is 328 g/mol.